The largest absolute Gasteiger partial charge is 0.417 e. The molecule has 3 atom stereocenters. The summed E-state index contributed by atoms with van der Waals surface area (Å²) in [6.07, 6.45) is 1.55. The molecule has 1 saturated carbocycles. The van der Waals surface area contributed by atoms with Gasteiger partial charge in [0, 0.05) is 19.1 Å². The van der Waals surface area contributed by atoms with Crippen LogP contribution in [-0.2, 0) is 23.2 Å². The fraction of sp³-hybridized carbons (Fsp3) is 1.00. The molecule has 0 aromatic heterocycles. The molecule has 0 spiro atoms. The zero-order valence-corrected chi connectivity index (χ0v) is 22.1. The van der Waals surface area contributed by atoms with Gasteiger partial charge in [0.05, 0.1) is 12.4 Å². The molecule has 0 radical (unpaired) electrons. The van der Waals surface area contributed by atoms with E-state index in [1.165, 1.54) is 0 Å². The van der Waals surface area contributed by atoms with Gasteiger partial charge in [0.15, 0.2) is 16.6 Å². The van der Waals surface area contributed by atoms with Gasteiger partial charge in [-0.2, -0.15) is 8.42 Å². The molecular formula is C19H42O5SSi2. The Morgan fingerprint density at radius 2 is 1.26 bits per heavy atom. The second kappa shape index (κ2) is 8.18. The minimum Gasteiger partial charge on any atom is -0.417 e. The van der Waals surface area contributed by atoms with Gasteiger partial charge in [0.2, 0.25) is 0 Å². The summed E-state index contributed by atoms with van der Waals surface area (Å²) >= 11 is 0. The lowest BCUT2D eigenvalue weighted by atomic mass is 9.72. The normalized spacial score (nSPS) is 25.4. The molecule has 5 nitrogen and oxygen atoms in total. The molecule has 8 heteroatoms. The summed E-state index contributed by atoms with van der Waals surface area (Å²) in [5, 5.41) is 0.281. The standard InChI is InChI=1S/C19H42O5SSi2/c1-18(2,3)26(8,9)22-13-15-12-17(24-25(7,20)21)16(15)14-23-27(10,11)19(4,5)6/h15-17H,12-14H2,1-11H3/t15-,16-,17+/m1/s1. The predicted molar refractivity (Wildman–Crippen MR) is 118 cm³/mol. The summed E-state index contributed by atoms with van der Waals surface area (Å²) in [6, 6.07) is 0. The average Bonchev–Trinajstić information content (AvgIpc) is 2.37. The summed E-state index contributed by atoms with van der Waals surface area (Å²) in [5.41, 5.74) is 0. The van der Waals surface area contributed by atoms with Crippen molar-refractivity contribution in [3.05, 3.63) is 0 Å². The average molecular weight is 439 g/mol. The lowest BCUT2D eigenvalue weighted by Crippen LogP contribution is -2.53. The van der Waals surface area contributed by atoms with E-state index in [0.717, 1.165) is 6.26 Å². The molecule has 0 N–H and O–H groups in total. The van der Waals surface area contributed by atoms with Crippen molar-refractivity contribution in [1.82, 2.24) is 0 Å². The van der Waals surface area contributed by atoms with Crippen molar-refractivity contribution in [3.63, 3.8) is 0 Å². The zero-order chi connectivity index (χ0) is 21.5. The van der Waals surface area contributed by atoms with Crippen molar-refractivity contribution in [1.29, 1.82) is 0 Å². The van der Waals surface area contributed by atoms with Gasteiger partial charge in [-0.1, -0.05) is 41.5 Å². The van der Waals surface area contributed by atoms with Gasteiger partial charge in [0.1, 0.15) is 0 Å². The van der Waals surface area contributed by atoms with Gasteiger partial charge in [0.25, 0.3) is 10.1 Å². The first-order valence-corrected chi connectivity index (χ1v) is 17.6. The Kier molecular flexibility index (Phi) is 7.67. The molecule has 0 aromatic carbocycles. The van der Waals surface area contributed by atoms with E-state index in [1.807, 2.05) is 0 Å². The van der Waals surface area contributed by atoms with E-state index in [2.05, 4.69) is 67.7 Å². The fourth-order valence-corrected chi connectivity index (χ4v) is 5.36. The van der Waals surface area contributed by atoms with Gasteiger partial charge in [-0.05, 0) is 48.6 Å². The molecular weight excluding hydrogens is 396 g/mol. The van der Waals surface area contributed by atoms with E-state index >= 15 is 0 Å². The van der Waals surface area contributed by atoms with E-state index in [9.17, 15) is 8.42 Å². The minimum atomic E-state index is -3.47. The van der Waals surface area contributed by atoms with Crippen LogP contribution in [0.15, 0.2) is 0 Å². The molecule has 27 heavy (non-hydrogen) atoms. The van der Waals surface area contributed by atoms with Crippen LogP contribution in [0.25, 0.3) is 0 Å². The van der Waals surface area contributed by atoms with Crippen molar-refractivity contribution in [2.45, 2.75) is 90.3 Å². The monoisotopic (exact) mass is 438 g/mol. The van der Waals surface area contributed by atoms with E-state index < -0.39 is 26.8 Å². The Labute approximate surface area is 169 Å². The van der Waals surface area contributed by atoms with Crippen LogP contribution in [-0.4, -0.2) is 50.6 Å². The maximum absolute atomic E-state index is 11.6. The highest BCUT2D eigenvalue weighted by molar-refractivity contribution is 7.86. The molecule has 0 aliphatic heterocycles. The van der Waals surface area contributed by atoms with Crippen LogP contribution in [0.4, 0.5) is 0 Å². The number of hydrogen-bond donors (Lipinski definition) is 0. The Hall–Kier alpha value is 0.264. The van der Waals surface area contributed by atoms with Crippen LogP contribution in [0.5, 0.6) is 0 Å². The topological polar surface area (TPSA) is 61.8 Å². The van der Waals surface area contributed by atoms with Crippen molar-refractivity contribution >= 4 is 26.8 Å². The van der Waals surface area contributed by atoms with Crippen LogP contribution in [0.1, 0.15) is 48.0 Å². The molecule has 162 valence electrons. The Morgan fingerprint density at radius 3 is 1.63 bits per heavy atom. The lowest BCUT2D eigenvalue weighted by Gasteiger charge is -2.47. The third-order valence-electron chi connectivity index (χ3n) is 6.82. The third-order valence-corrected chi connectivity index (χ3v) is 16.4. The summed E-state index contributed by atoms with van der Waals surface area (Å²) in [6.45, 7) is 23.5. The maximum atomic E-state index is 11.6. The fourth-order valence-electron chi connectivity index (χ4n) is 2.58. The molecule has 0 aromatic rings. The minimum absolute atomic E-state index is 0.0682. The summed E-state index contributed by atoms with van der Waals surface area (Å²) in [7, 11) is -7.19. The Balaban J connectivity index is 2.80. The lowest BCUT2D eigenvalue weighted by molar-refractivity contribution is -0.0552. The highest BCUT2D eigenvalue weighted by Gasteiger charge is 2.47. The molecule has 0 unspecified atom stereocenters. The van der Waals surface area contributed by atoms with Crippen LogP contribution in [0, 0.1) is 11.8 Å². The first-order valence-electron chi connectivity index (χ1n) is 9.93. The van der Waals surface area contributed by atoms with E-state index in [1.54, 1.807) is 0 Å². The van der Waals surface area contributed by atoms with Crippen molar-refractivity contribution in [2.24, 2.45) is 11.8 Å². The van der Waals surface area contributed by atoms with Crippen LogP contribution < -0.4 is 0 Å². The zero-order valence-electron chi connectivity index (χ0n) is 19.3. The molecule has 1 fully saturated rings. The Bertz CT molecular complexity index is 603. The summed E-state index contributed by atoms with van der Waals surface area (Å²) < 4.78 is 41.4. The van der Waals surface area contributed by atoms with Crippen LogP contribution >= 0.6 is 0 Å². The highest BCUT2D eigenvalue weighted by atomic mass is 32.2. The summed E-state index contributed by atoms with van der Waals surface area (Å²) in [5.74, 6) is 0.356. The molecule has 1 rings (SSSR count). The SMILES string of the molecule is CC(C)(C)[Si](C)(C)OC[C@H]1C[C@H](OS(C)(=O)=O)[C@@H]1CO[Si](C)(C)C(C)(C)C. The number of hydrogen-bond acceptors (Lipinski definition) is 5. The van der Waals surface area contributed by atoms with Gasteiger partial charge in [-0.15, -0.1) is 0 Å². The molecule has 0 amide bonds. The molecule has 1 aliphatic carbocycles. The van der Waals surface area contributed by atoms with E-state index in [-0.39, 0.29) is 28.0 Å². The van der Waals surface area contributed by atoms with Crippen molar-refractivity contribution in [3.8, 4) is 0 Å². The van der Waals surface area contributed by atoms with Gasteiger partial charge in [-0.3, -0.25) is 4.18 Å². The van der Waals surface area contributed by atoms with E-state index in [4.69, 9.17) is 13.0 Å². The number of rotatable bonds is 8. The second-order valence-corrected chi connectivity index (χ2v) is 22.4. The predicted octanol–water partition coefficient (Wildman–Crippen LogP) is 5.01. The van der Waals surface area contributed by atoms with Gasteiger partial charge >= 0.3 is 0 Å². The molecule has 0 saturated heterocycles. The Morgan fingerprint density at radius 1 is 0.852 bits per heavy atom. The van der Waals surface area contributed by atoms with Gasteiger partial charge in [-0.25, -0.2) is 0 Å². The van der Waals surface area contributed by atoms with E-state index in [0.29, 0.717) is 19.6 Å². The van der Waals surface area contributed by atoms with Crippen molar-refractivity contribution < 1.29 is 21.5 Å². The van der Waals surface area contributed by atoms with Crippen molar-refractivity contribution in [2.75, 3.05) is 19.5 Å². The maximum Gasteiger partial charge on any atom is 0.264 e. The smallest absolute Gasteiger partial charge is 0.264 e. The highest BCUT2D eigenvalue weighted by Crippen LogP contribution is 2.43. The summed E-state index contributed by atoms with van der Waals surface area (Å²) in [4.78, 5) is 0. The quantitative estimate of drug-likeness (QED) is 0.394. The second-order valence-electron chi connectivity index (χ2n) is 11.1. The molecule has 1 aliphatic rings. The molecule has 0 bridgehead atoms. The first kappa shape index (κ1) is 25.3. The van der Waals surface area contributed by atoms with Crippen LogP contribution in [0.2, 0.25) is 36.3 Å². The molecule has 0 heterocycles. The third kappa shape index (κ3) is 6.92. The van der Waals surface area contributed by atoms with Gasteiger partial charge < -0.3 is 8.85 Å². The van der Waals surface area contributed by atoms with Crippen LogP contribution in [0.3, 0.4) is 0 Å². The first-order chi connectivity index (χ1) is 11.8.